The molecule has 0 rings (SSSR count). The fourth-order valence-corrected chi connectivity index (χ4v) is 29.4. The Morgan fingerprint density at radius 1 is 0.824 bits per heavy atom. The second kappa shape index (κ2) is 10.9. The first kappa shape index (κ1) is 18.0. The van der Waals surface area contributed by atoms with Crippen LogP contribution in [0.15, 0.2) is 0 Å². The molecule has 0 aliphatic heterocycles. The van der Waals surface area contributed by atoms with Gasteiger partial charge in [-0.25, -0.2) is 0 Å². The highest BCUT2D eigenvalue weighted by molar-refractivity contribution is 6.89. The number of hydrogen-bond acceptors (Lipinski definition) is 1. The van der Waals surface area contributed by atoms with Gasteiger partial charge in [-0.2, -0.15) is 0 Å². The molecule has 0 amide bonds. The zero-order valence-electron chi connectivity index (χ0n) is 13.0. The average Bonchev–Trinajstić information content (AvgIpc) is 2.29. The molecule has 0 bridgehead atoms. The minimum Gasteiger partial charge on any atom is -0.378 e. The van der Waals surface area contributed by atoms with Gasteiger partial charge >= 0.3 is 0 Å². The third kappa shape index (κ3) is 6.15. The van der Waals surface area contributed by atoms with Crippen molar-refractivity contribution in [2.75, 3.05) is 0 Å². The first-order valence-corrected chi connectivity index (χ1v) is 16.6. The van der Waals surface area contributed by atoms with Gasteiger partial charge < -0.3 is 3.90 Å². The molecule has 17 heavy (non-hydrogen) atoms. The van der Waals surface area contributed by atoms with Crippen LogP contribution in [-0.4, -0.2) is 52.0 Å². The normalized spacial score (nSPS) is 14.1. The van der Waals surface area contributed by atoms with Gasteiger partial charge in [0.05, 0.1) is 19.4 Å². The number of rotatable bonds is 11. The smallest absolute Gasteiger partial charge is 0.114 e. The topological polar surface area (TPSA) is 3.24 Å². The summed E-state index contributed by atoms with van der Waals surface area (Å²) in [6.45, 7) is 7.28. The summed E-state index contributed by atoms with van der Waals surface area (Å²) in [7, 11) is 2.37. The van der Waals surface area contributed by atoms with Crippen LogP contribution in [0.4, 0.5) is 0 Å². The molecule has 0 aromatic carbocycles. The molecule has 0 aliphatic rings. The molecule has 0 saturated carbocycles. The second-order valence-corrected chi connectivity index (χ2v) is 22.6. The SMILES string of the molecule is CCC[Si](CCC)(CCC)N([SiH2]C[SiH3])[SiH2]C[SiH3]. The Morgan fingerprint density at radius 2 is 1.18 bits per heavy atom. The van der Waals surface area contributed by atoms with Crippen molar-refractivity contribution < 1.29 is 0 Å². The summed E-state index contributed by atoms with van der Waals surface area (Å²) in [4.78, 5) is 0. The lowest BCUT2D eigenvalue weighted by atomic mass is 10.6. The third-order valence-corrected chi connectivity index (χ3v) is 21.4. The first-order chi connectivity index (χ1) is 8.20. The van der Waals surface area contributed by atoms with Gasteiger partial charge in [0.2, 0.25) is 0 Å². The van der Waals surface area contributed by atoms with Gasteiger partial charge in [0.15, 0.2) is 0 Å². The van der Waals surface area contributed by atoms with E-state index in [9.17, 15) is 0 Å². The van der Waals surface area contributed by atoms with Crippen molar-refractivity contribution in [1.29, 1.82) is 0 Å². The summed E-state index contributed by atoms with van der Waals surface area (Å²) < 4.78 is 3.30. The van der Waals surface area contributed by atoms with Gasteiger partial charge in [-0.05, 0) is 18.1 Å². The maximum absolute atomic E-state index is 3.30. The van der Waals surface area contributed by atoms with E-state index in [-0.39, 0.29) is 19.4 Å². The van der Waals surface area contributed by atoms with E-state index in [0.717, 1.165) is 0 Å². The fraction of sp³-hybridized carbons (Fsp3) is 1.00. The van der Waals surface area contributed by atoms with Crippen LogP contribution in [0.2, 0.25) is 29.5 Å². The zero-order chi connectivity index (χ0) is 13.1. The molecule has 0 aromatic heterocycles. The van der Waals surface area contributed by atoms with Gasteiger partial charge in [-0.15, -0.1) is 0 Å². The van der Waals surface area contributed by atoms with Crippen molar-refractivity contribution >= 4 is 48.1 Å². The highest BCUT2D eigenvalue weighted by atomic mass is 28.4. The van der Waals surface area contributed by atoms with Crippen LogP contribution in [0.3, 0.4) is 0 Å². The molecular weight excluding hydrogens is 287 g/mol. The lowest BCUT2D eigenvalue weighted by Gasteiger charge is -2.43. The molecule has 0 saturated heterocycles. The number of nitrogens with zero attached hydrogens (tertiary/aromatic N) is 1. The number of hydrogen-bond donors (Lipinski definition) is 0. The third-order valence-electron chi connectivity index (χ3n) is 3.80. The lowest BCUT2D eigenvalue weighted by Crippen LogP contribution is -2.56. The van der Waals surface area contributed by atoms with Gasteiger partial charge in [0.25, 0.3) is 0 Å². The predicted octanol–water partition coefficient (Wildman–Crippen LogP) is 0.114. The molecule has 1 nitrogen and oxygen atoms in total. The van der Waals surface area contributed by atoms with E-state index in [1.165, 1.54) is 39.7 Å². The van der Waals surface area contributed by atoms with Gasteiger partial charge in [0.1, 0.15) is 8.24 Å². The molecule has 0 atom stereocenters. The van der Waals surface area contributed by atoms with Crippen LogP contribution in [0.1, 0.15) is 40.0 Å². The molecule has 0 aliphatic carbocycles. The van der Waals surface area contributed by atoms with Crippen LogP contribution in [0.25, 0.3) is 0 Å². The molecule has 0 spiro atoms. The Kier molecular flexibility index (Phi) is 11.6. The summed E-state index contributed by atoms with van der Waals surface area (Å²) >= 11 is 0. The minimum atomic E-state index is -0.966. The van der Waals surface area contributed by atoms with Crippen LogP contribution in [0.5, 0.6) is 0 Å². The van der Waals surface area contributed by atoms with Crippen LogP contribution in [0, 0.1) is 0 Å². The molecule has 104 valence electrons. The van der Waals surface area contributed by atoms with E-state index < -0.39 is 8.24 Å². The fourth-order valence-electron chi connectivity index (χ4n) is 3.37. The van der Waals surface area contributed by atoms with E-state index in [4.69, 9.17) is 0 Å². The summed E-state index contributed by atoms with van der Waals surface area (Å²) in [5.41, 5.74) is 3.31. The Bertz CT molecular complexity index is 156. The maximum Gasteiger partial charge on any atom is 0.114 e. The largest absolute Gasteiger partial charge is 0.378 e. The summed E-state index contributed by atoms with van der Waals surface area (Å²) in [5, 5.41) is 0. The highest BCUT2D eigenvalue weighted by Crippen LogP contribution is 2.29. The van der Waals surface area contributed by atoms with Gasteiger partial charge in [0, 0.05) is 20.5 Å². The maximum atomic E-state index is 3.30. The van der Waals surface area contributed by atoms with Gasteiger partial charge in [-0.3, -0.25) is 0 Å². The molecule has 0 fully saturated rings. The molecule has 6 heteroatoms. The lowest BCUT2D eigenvalue weighted by molar-refractivity contribution is 0.821. The first-order valence-electron chi connectivity index (χ1n) is 7.95. The molecule has 0 N–H and O–H groups in total. The van der Waals surface area contributed by atoms with Crippen molar-refractivity contribution in [2.24, 2.45) is 0 Å². The van der Waals surface area contributed by atoms with Crippen LogP contribution in [-0.2, 0) is 0 Å². The van der Waals surface area contributed by atoms with E-state index in [1.54, 1.807) is 29.5 Å². The Labute approximate surface area is 121 Å². The second-order valence-electron chi connectivity index (χ2n) is 5.46. The Hall–Kier alpha value is 1.04. The quantitative estimate of drug-likeness (QED) is 0.488. The zero-order valence-corrected chi connectivity index (χ0v) is 20.8. The molecule has 0 unspecified atom stereocenters. The summed E-state index contributed by atoms with van der Waals surface area (Å²) in [5.74, 6) is 0. The Balaban J connectivity index is 4.87. The van der Waals surface area contributed by atoms with Crippen molar-refractivity contribution in [3.8, 4) is 0 Å². The summed E-state index contributed by atoms with van der Waals surface area (Å²) in [6, 6.07) is 4.87. The van der Waals surface area contributed by atoms with E-state index in [2.05, 4.69) is 24.7 Å². The van der Waals surface area contributed by atoms with E-state index in [1.807, 2.05) is 0 Å². The predicted molar refractivity (Wildman–Crippen MR) is 99.5 cm³/mol. The van der Waals surface area contributed by atoms with Crippen molar-refractivity contribution in [3.63, 3.8) is 0 Å². The standard InChI is InChI=1S/C11H35NSi5/c1-4-7-17(8-5-2,9-6-3)12(15-10-13)16-11-14/h4-11,15-16H2,1-3,13-14H3. The highest BCUT2D eigenvalue weighted by Gasteiger charge is 2.35. The molecule has 0 heterocycles. The van der Waals surface area contributed by atoms with Crippen molar-refractivity contribution in [1.82, 2.24) is 3.90 Å². The van der Waals surface area contributed by atoms with E-state index >= 15 is 0 Å². The molecule has 0 aromatic rings. The average molecular weight is 322 g/mol. The minimum absolute atomic E-state index is 0.200. The Morgan fingerprint density at radius 3 is 1.41 bits per heavy atom. The van der Waals surface area contributed by atoms with Crippen LogP contribution >= 0.6 is 0 Å². The van der Waals surface area contributed by atoms with Crippen molar-refractivity contribution in [2.45, 2.75) is 69.5 Å². The van der Waals surface area contributed by atoms with Crippen molar-refractivity contribution in [3.05, 3.63) is 0 Å². The molecule has 0 radical (unpaired) electrons. The van der Waals surface area contributed by atoms with E-state index in [0.29, 0.717) is 0 Å². The summed E-state index contributed by atoms with van der Waals surface area (Å²) in [6.07, 6.45) is 4.36. The van der Waals surface area contributed by atoms with Crippen LogP contribution < -0.4 is 0 Å². The van der Waals surface area contributed by atoms with Gasteiger partial charge in [-0.1, -0.05) is 51.4 Å². The molecular formula is C11H35NSi5. The monoisotopic (exact) mass is 321 g/mol.